The maximum absolute atomic E-state index is 4.36. The Morgan fingerprint density at radius 2 is 1.81 bits per heavy atom. The molecule has 0 aliphatic rings. The summed E-state index contributed by atoms with van der Waals surface area (Å²) in [6.07, 6.45) is 0.799. The average molecular weight is 280 g/mol. The molecule has 2 aromatic carbocycles. The van der Waals surface area contributed by atoms with E-state index in [-0.39, 0.29) is 0 Å². The van der Waals surface area contributed by atoms with Crippen LogP contribution in [-0.4, -0.2) is 21.3 Å². The molecular formula is C17H20N4. The minimum Gasteiger partial charge on any atom is -0.355 e. The highest BCUT2D eigenvalue weighted by molar-refractivity contribution is 5.85. The molecule has 21 heavy (non-hydrogen) atoms. The second kappa shape index (κ2) is 5.95. The van der Waals surface area contributed by atoms with Crippen LogP contribution >= 0.6 is 0 Å². The van der Waals surface area contributed by atoms with Crippen molar-refractivity contribution in [2.75, 3.05) is 11.9 Å². The quantitative estimate of drug-likeness (QED) is 0.778. The van der Waals surface area contributed by atoms with Gasteiger partial charge in [-0.1, -0.05) is 42.5 Å². The Labute approximate surface area is 124 Å². The third-order valence-corrected chi connectivity index (χ3v) is 3.71. The third kappa shape index (κ3) is 2.61. The molecule has 108 valence electrons. The van der Waals surface area contributed by atoms with Gasteiger partial charge >= 0.3 is 0 Å². The summed E-state index contributed by atoms with van der Waals surface area (Å²) in [5.41, 5.74) is 1.29. The normalized spacial score (nSPS) is 11.0. The van der Waals surface area contributed by atoms with E-state index >= 15 is 0 Å². The minimum atomic E-state index is 0.799. The van der Waals surface area contributed by atoms with Crippen LogP contribution in [0.15, 0.2) is 42.5 Å². The molecule has 0 radical (unpaired) electrons. The van der Waals surface area contributed by atoms with Crippen LogP contribution in [-0.2, 0) is 13.0 Å². The summed E-state index contributed by atoms with van der Waals surface area (Å²) < 4.78 is 2.14. The second-order valence-corrected chi connectivity index (χ2v) is 5.03. The van der Waals surface area contributed by atoms with Crippen molar-refractivity contribution in [3.8, 4) is 0 Å². The van der Waals surface area contributed by atoms with E-state index in [4.69, 9.17) is 0 Å². The maximum Gasteiger partial charge on any atom is 0.224 e. The van der Waals surface area contributed by atoms with Gasteiger partial charge in [-0.05, 0) is 30.2 Å². The number of benzene rings is 2. The first-order chi connectivity index (χ1) is 10.3. The summed E-state index contributed by atoms with van der Waals surface area (Å²) in [5.74, 6) is 1.86. The molecule has 0 bridgehead atoms. The molecule has 1 heterocycles. The van der Waals surface area contributed by atoms with Crippen molar-refractivity contribution in [1.82, 2.24) is 14.8 Å². The van der Waals surface area contributed by atoms with Gasteiger partial charge in [-0.15, -0.1) is 10.2 Å². The van der Waals surface area contributed by atoms with E-state index in [9.17, 15) is 0 Å². The van der Waals surface area contributed by atoms with Gasteiger partial charge in [-0.3, -0.25) is 4.57 Å². The summed E-state index contributed by atoms with van der Waals surface area (Å²) in [5, 5.41) is 14.4. The van der Waals surface area contributed by atoms with Crippen molar-refractivity contribution in [2.45, 2.75) is 26.8 Å². The number of nitrogens with zero attached hydrogens (tertiary/aromatic N) is 3. The van der Waals surface area contributed by atoms with E-state index < -0.39 is 0 Å². The molecule has 0 atom stereocenters. The highest BCUT2D eigenvalue weighted by Gasteiger charge is 2.11. The molecular weight excluding hydrogens is 260 g/mol. The largest absolute Gasteiger partial charge is 0.355 e. The van der Waals surface area contributed by atoms with Gasteiger partial charge in [-0.2, -0.15) is 0 Å². The van der Waals surface area contributed by atoms with Crippen LogP contribution in [0, 0.1) is 0 Å². The lowest BCUT2D eigenvalue weighted by Gasteiger charge is -2.09. The molecule has 4 nitrogen and oxygen atoms in total. The van der Waals surface area contributed by atoms with E-state index in [0.29, 0.717) is 0 Å². The van der Waals surface area contributed by atoms with Crippen molar-refractivity contribution >= 4 is 16.7 Å². The molecule has 0 unspecified atom stereocenters. The van der Waals surface area contributed by atoms with Crippen LogP contribution < -0.4 is 5.32 Å². The number of fused-ring (bicyclic) bond motifs is 1. The second-order valence-electron chi connectivity index (χ2n) is 5.03. The Morgan fingerprint density at radius 3 is 2.62 bits per heavy atom. The Morgan fingerprint density at radius 1 is 1.00 bits per heavy atom. The number of nitrogens with one attached hydrogen (secondary N) is 1. The number of hydrogen-bond donors (Lipinski definition) is 1. The lowest BCUT2D eigenvalue weighted by atomic mass is 10.0. The van der Waals surface area contributed by atoms with Gasteiger partial charge in [0, 0.05) is 19.5 Å². The Bertz CT molecular complexity index is 740. The van der Waals surface area contributed by atoms with Crippen LogP contribution in [0.3, 0.4) is 0 Å². The van der Waals surface area contributed by atoms with Gasteiger partial charge in [0.15, 0.2) is 0 Å². The molecule has 0 aliphatic heterocycles. The lowest BCUT2D eigenvalue weighted by molar-refractivity contribution is 0.717. The number of aromatic nitrogens is 3. The van der Waals surface area contributed by atoms with Crippen LogP contribution in [0.25, 0.3) is 10.8 Å². The third-order valence-electron chi connectivity index (χ3n) is 3.71. The van der Waals surface area contributed by atoms with Crippen LogP contribution in [0.2, 0.25) is 0 Å². The van der Waals surface area contributed by atoms with Gasteiger partial charge in [0.2, 0.25) is 5.95 Å². The average Bonchev–Trinajstić information content (AvgIpc) is 2.90. The zero-order valence-electron chi connectivity index (χ0n) is 12.5. The Kier molecular flexibility index (Phi) is 3.86. The van der Waals surface area contributed by atoms with E-state index in [2.05, 4.69) is 76.4 Å². The lowest BCUT2D eigenvalue weighted by Crippen LogP contribution is -2.09. The topological polar surface area (TPSA) is 42.7 Å². The van der Waals surface area contributed by atoms with Gasteiger partial charge in [0.1, 0.15) is 5.82 Å². The molecule has 3 aromatic rings. The molecule has 1 N–H and O–H groups in total. The number of hydrogen-bond acceptors (Lipinski definition) is 3. The van der Waals surface area contributed by atoms with Crippen molar-refractivity contribution in [2.24, 2.45) is 0 Å². The van der Waals surface area contributed by atoms with Crippen molar-refractivity contribution < 1.29 is 0 Å². The predicted octanol–water partition coefficient (Wildman–Crippen LogP) is 3.47. The molecule has 0 aliphatic carbocycles. The van der Waals surface area contributed by atoms with E-state index in [1.807, 2.05) is 0 Å². The fourth-order valence-corrected chi connectivity index (χ4v) is 2.70. The van der Waals surface area contributed by atoms with Crippen molar-refractivity contribution in [3.05, 3.63) is 53.9 Å². The van der Waals surface area contributed by atoms with Crippen molar-refractivity contribution in [1.29, 1.82) is 0 Å². The van der Waals surface area contributed by atoms with Gasteiger partial charge in [0.05, 0.1) is 0 Å². The summed E-state index contributed by atoms with van der Waals surface area (Å²) in [6, 6.07) is 14.9. The predicted molar refractivity (Wildman–Crippen MR) is 86.6 cm³/mol. The first-order valence-corrected chi connectivity index (χ1v) is 7.46. The minimum absolute atomic E-state index is 0.799. The summed E-state index contributed by atoms with van der Waals surface area (Å²) in [4.78, 5) is 0. The van der Waals surface area contributed by atoms with E-state index in [1.165, 1.54) is 16.3 Å². The molecule has 0 fully saturated rings. The zero-order valence-corrected chi connectivity index (χ0v) is 12.5. The van der Waals surface area contributed by atoms with Gasteiger partial charge < -0.3 is 5.32 Å². The van der Waals surface area contributed by atoms with E-state index in [1.54, 1.807) is 0 Å². The molecule has 4 heteroatoms. The van der Waals surface area contributed by atoms with Gasteiger partial charge in [0.25, 0.3) is 0 Å². The molecule has 0 saturated carbocycles. The Balaban J connectivity index is 1.99. The molecule has 1 aromatic heterocycles. The number of rotatable bonds is 5. The fourth-order valence-electron chi connectivity index (χ4n) is 2.70. The zero-order chi connectivity index (χ0) is 14.7. The fraction of sp³-hybridized carbons (Fsp3) is 0.294. The molecule has 0 saturated heterocycles. The highest BCUT2D eigenvalue weighted by Crippen LogP contribution is 2.21. The summed E-state index contributed by atoms with van der Waals surface area (Å²) >= 11 is 0. The van der Waals surface area contributed by atoms with Crippen molar-refractivity contribution in [3.63, 3.8) is 0 Å². The molecule has 0 amide bonds. The first-order valence-electron chi connectivity index (χ1n) is 7.46. The van der Waals surface area contributed by atoms with Crippen LogP contribution in [0.1, 0.15) is 25.2 Å². The van der Waals surface area contributed by atoms with Crippen LogP contribution in [0.5, 0.6) is 0 Å². The van der Waals surface area contributed by atoms with Gasteiger partial charge in [-0.25, -0.2) is 0 Å². The monoisotopic (exact) mass is 280 g/mol. The molecule has 3 rings (SSSR count). The molecule has 0 spiro atoms. The first kappa shape index (κ1) is 13.6. The number of anilines is 1. The highest BCUT2D eigenvalue weighted by atomic mass is 15.3. The summed E-state index contributed by atoms with van der Waals surface area (Å²) in [7, 11) is 0. The Hall–Kier alpha value is -2.36. The smallest absolute Gasteiger partial charge is 0.224 e. The SMILES string of the molecule is CCNc1nnc(Cc2cccc3ccccc23)n1CC. The maximum atomic E-state index is 4.36. The van der Waals surface area contributed by atoms with Crippen LogP contribution in [0.4, 0.5) is 5.95 Å². The standard InChI is InChI=1S/C17H20N4/c1-3-18-17-20-19-16(21(17)4-2)12-14-10-7-9-13-8-5-6-11-15(13)14/h5-11H,3-4,12H2,1-2H3,(H,18,20). The van der Waals surface area contributed by atoms with E-state index in [0.717, 1.165) is 31.3 Å². The summed E-state index contributed by atoms with van der Waals surface area (Å²) in [6.45, 7) is 5.91.